The molecule has 0 aliphatic carbocycles. The Morgan fingerprint density at radius 3 is 2.56 bits per heavy atom. The lowest BCUT2D eigenvalue weighted by atomic mass is 9.91. The van der Waals surface area contributed by atoms with E-state index in [1.54, 1.807) is 0 Å². The molecule has 0 spiro atoms. The Kier molecular flexibility index (Phi) is 5.77. The Bertz CT molecular complexity index is 176. The van der Waals surface area contributed by atoms with Gasteiger partial charge in [-0.05, 0) is 57.3 Å². The second kappa shape index (κ2) is 6.61. The van der Waals surface area contributed by atoms with Crippen LogP contribution in [-0.2, 0) is 0 Å². The van der Waals surface area contributed by atoms with E-state index >= 15 is 0 Å². The molecule has 1 unspecified atom stereocenters. The van der Waals surface area contributed by atoms with Crippen LogP contribution in [0.15, 0.2) is 0 Å². The van der Waals surface area contributed by atoms with Gasteiger partial charge in [-0.3, -0.25) is 0 Å². The highest BCUT2D eigenvalue weighted by molar-refractivity contribution is 4.77. The van der Waals surface area contributed by atoms with Crippen molar-refractivity contribution in [2.45, 2.75) is 59.4 Å². The third-order valence-corrected chi connectivity index (χ3v) is 3.62. The molecule has 2 heteroatoms. The molecule has 0 saturated carbocycles. The normalized spacial score (nSPS) is 23.4. The second-order valence-corrected chi connectivity index (χ2v) is 6.27. The SMILES string of the molecule is CCN(CCC(C)(C)C)C1CCCNCC1. The number of nitrogens with zero attached hydrogens (tertiary/aromatic N) is 1. The fourth-order valence-electron chi connectivity index (χ4n) is 2.44. The van der Waals surface area contributed by atoms with Crippen molar-refractivity contribution < 1.29 is 0 Å². The molecule has 0 radical (unpaired) electrons. The summed E-state index contributed by atoms with van der Waals surface area (Å²) in [6, 6.07) is 0.822. The van der Waals surface area contributed by atoms with Crippen molar-refractivity contribution in [3.8, 4) is 0 Å². The third-order valence-electron chi connectivity index (χ3n) is 3.62. The van der Waals surface area contributed by atoms with Crippen molar-refractivity contribution in [1.29, 1.82) is 0 Å². The molecule has 0 aromatic heterocycles. The van der Waals surface area contributed by atoms with Gasteiger partial charge < -0.3 is 10.2 Å². The summed E-state index contributed by atoms with van der Waals surface area (Å²) in [5.41, 5.74) is 0.469. The second-order valence-electron chi connectivity index (χ2n) is 6.27. The van der Waals surface area contributed by atoms with Crippen molar-refractivity contribution in [2.24, 2.45) is 5.41 Å². The van der Waals surface area contributed by atoms with Crippen LogP contribution in [0.1, 0.15) is 53.4 Å². The van der Waals surface area contributed by atoms with Gasteiger partial charge in [0.05, 0.1) is 0 Å². The Morgan fingerprint density at radius 1 is 1.19 bits per heavy atom. The summed E-state index contributed by atoms with van der Waals surface area (Å²) in [6.45, 7) is 14.2. The maximum atomic E-state index is 3.50. The van der Waals surface area contributed by atoms with Gasteiger partial charge in [-0.1, -0.05) is 27.7 Å². The van der Waals surface area contributed by atoms with Crippen molar-refractivity contribution >= 4 is 0 Å². The molecule has 16 heavy (non-hydrogen) atoms. The highest BCUT2D eigenvalue weighted by Gasteiger charge is 2.20. The Labute approximate surface area is 102 Å². The summed E-state index contributed by atoms with van der Waals surface area (Å²) >= 11 is 0. The Balaban J connectivity index is 2.39. The summed E-state index contributed by atoms with van der Waals surface area (Å²) in [4.78, 5) is 2.69. The fourth-order valence-corrected chi connectivity index (χ4v) is 2.44. The smallest absolute Gasteiger partial charge is 0.0108 e. The molecule has 1 atom stereocenters. The van der Waals surface area contributed by atoms with Crippen molar-refractivity contribution in [1.82, 2.24) is 10.2 Å². The minimum atomic E-state index is 0.469. The number of hydrogen-bond donors (Lipinski definition) is 1. The predicted molar refractivity (Wildman–Crippen MR) is 71.8 cm³/mol. The lowest BCUT2D eigenvalue weighted by Crippen LogP contribution is -2.37. The molecule has 1 saturated heterocycles. The number of rotatable bonds is 4. The zero-order valence-corrected chi connectivity index (χ0v) is 11.7. The summed E-state index contributed by atoms with van der Waals surface area (Å²) in [5.74, 6) is 0. The molecule has 0 aromatic rings. The van der Waals surface area contributed by atoms with Crippen LogP contribution in [0.2, 0.25) is 0 Å². The summed E-state index contributed by atoms with van der Waals surface area (Å²) in [7, 11) is 0. The first-order valence-electron chi connectivity index (χ1n) is 6.97. The van der Waals surface area contributed by atoms with Gasteiger partial charge in [0.25, 0.3) is 0 Å². The first kappa shape index (κ1) is 14.0. The van der Waals surface area contributed by atoms with Gasteiger partial charge in [-0.2, -0.15) is 0 Å². The fraction of sp³-hybridized carbons (Fsp3) is 1.00. The van der Waals surface area contributed by atoms with Gasteiger partial charge in [0, 0.05) is 6.04 Å². The van der Waals surface area contributed by atoms with Crippen molar-refractivity contribution in [2.75, 3.05) is 26.2 Å². The summed E-state index contributed by atoms with van der Waals surface area (Å²) < 4.78 is 0. The van der Waals surface area contributed by atoms with Crippen molar-refractivity contribution in [3.05, 3.63) is 0 Å². The standard InChI is InChI=1S/C14H30N2/c1-5-16(12-9-14(2,3)4)13-7-6-10-15-11-8-13/h13,15H,5-12H2,1-4H3. The van der Waals surface area contributed by atoms with Gasteiger partial charge in [0.1, 0.15) is 0 Å². The molecule has 2 nitrogen and oxygen atoms in total. The van der Waals surface area contributed by atoms with Gasteiger partial charge in [0.15, 0.2) is 0 Å². The van der Waals surface area contributed by atoms with E-state index in [0.717, 1.165) is 6.04 Å². The molecule has 1 fully saturated rings. The molecule has 1 rings (SSSR count). The van der Waals surface area contributed by atoms with E-state index in [1.165, 1.54) is 51.9 Å². The van der Waals surface area contributed by atoms with Gasteiger partial charge in [-0.25, -0.2) is 0 Å². The van der Waals surface area contributed by atoms with Crippen LogP contribution in [0.4, 0.5) is 0 Å². The monoisotopic (exact) mass is 226 g/mol. The summed E-state index contributed by atoms with van der Waals surface area (Å²) in [6.07, 6.45) is 5.37. The Morgan fingerprint density at radius 2 is 1.94 bits per heavy atom. The lowest BCUT2D eigenvalue weighted by molar-refractivity contribution is 0.165. The first-order chi connectivity index (χ1) is 7.53. The average Bonchev–Trinajstić information content (AvgIpc) is 2.46. The summed E-state index contributed by atoms with van der Waals surface area (Å²) in [5, 5.41) is 3.50. The van der Waals surface area contributed by atoms with Crippen LogP contribution in [0.3, 0.4) is 0 Å². The maximum absolute atomic E-state index is 3.50. The van der Waals surface area contributed by atoms with E-state index in [9.17, 15) is 0 Å². The minimum Gasteiger partial charge on any atom is -0.317 e. The quantitative estimate of drug-likeness (QED) is 0.793. The Hall–Kier alpha value is -0.0800. The molecular weight excluding hydrogens is 196 g/mol. The zero-order valence-electron chi connectivity index (χ0n) is 11.7. The number of nitrogens with one attached hydrogen (secondary N) is 1. The third kappa shape index (κ3) is 5.31. The van der Waals surface area contributed by atoms with E-state index < -0.39 is 0 Å². The first-order valence-corrected chi connectivity index (χ1v) is 6.97. The van der Waals surface area contributed by atoms with Gasteiger partial charge in [-0.15, -0.1) is 0 Å². The van der Waals surface area contributed by atoms with Crippen LogP contribution in [0.5, 0.6) is 0 Å². The highest BCUT2D eigenvalue weighted by atomic mass is 15.2. The minimum absolute atomic E-state index is 0.469. The molecule has 96 valence electrons. The van der Waals surface area contributed by atoms with Crippen LogP contribution in [0, 0.1) is 5.41 Å². The van der Waals surface area contributed by atoms with Crippen LogP contribution < -0.4 is 5.32 Å². The average molecular weight is 226 g/mol. The van der Waals surface area contributed by atoms with Crippen molar-refractivity contribution in [3.63, 3.8) is 0 Å². The van der Waals surface area contributed by atoms with E-state index in [-0.39, 0.29) is 0 Å². The molecule has 0 aromatic carbocycles. The van der Waals surface area contributed by atoms with Gasteiger partial charge in [0.2, 0.25) is 0 Å². The largest absolute Gasteiger partial charge is 0.317 e. The highest BCUT2D eigenvalue weighted by Crippen LogP contribution is 2.21. The molecule has 1 N–H and O–H groups in total. The van der Waals surface area contributed by atoms with E-state index in [1.807, 2.05) is 0 Å². The van der Waals surface area contributed by atoms with E-state index in [4.69, 9.17) is 0 Å². The molecule has 0 amide bonds. The topological polar surface area (TPSA) is 15.3 Å². The molecular formula is C14H30N2. The molecule has 1 heterocycles. The van der Waals surface area contributed by atoms with E-state index in [2.05, 4.69) is 37.9 Å². The predicted octanol–water partition coefficient (Wildman–Crippen LogP) is 2.89. The zero-order chi connectivity index (χ0) is 12.0. The number of hydrogen-bond acceptors (Lipinski definition) is 2. The lowest BCUT2D eigenvalue weighted by Gasteiger charge is -2.32. The molecule has 1 aliphatic heterocycles. The van der Waals surface area contributed by atoms with Crippen LogP contribution in [-0.4, -0.2) is 37.1 Å². The van der Waals surface area contributed by atoms with E-state index in [0.29, 0.717) is 5.41 Å². The molecule has 1 aliphatic rings. The van der Waals surface area contributed by atoms with Gasteiger partial charge >= 0.3 is 0 Å². The molecule has 0 bridgehead atoms. The van der Waals surface area contributed by atoms with Crippen LogP contribution >= 0.6 is 0 Å². The maximum Gasteiger partial charge on any atom is 0.0108 e. The van der Waals surface area contributed by atoms with Crippen LogP contribution in [0.25, 0.3) is 0 Å².